The van der Waals surface area contributed by atoms with E-state index in [1.54, 1.807) is 25.6 Å². The fourth-order valence-electron chi connectivity index (χ4n) is 3.69. The van der Waals surface area contributed by atoms with Crippen LogP contribution in [0.1, 0.15) is 5.56 Å². The zero-order valence-corrected chi connectivity index (χ0v) is 18.6. The number of hydrogen-bond acceptors (Lipinski definition) is 6. The van der Waals surface area contributed by atoms with Crippen LogP contribution in [0, 0.1) is 0 Å². The number of benzene rings is 3. The summed E-state index contributed by atoms with van der Waals surface area (Å²) in [5.41, 5.74) is 3.90. The molecule has 162 valence electrons. The molecule has 1 aliphatic rings. The maximum Gasteiger partial charge on any atom is 0.231 e. The molecule has 0 spiro atoms. The van der Waals surface area contributed by atoms with E-state index < -0.39 is 0 Å². The van der Waals surface area contributed by atoms with Crippen LogP contribution < -0.4 is 23.7 Å². The van der Waals surface area contributed by atoms with Gasteiger partial charge < -0.3 is 23.5 Å². The minimum Gasteiger partial charge on any atom is -0.496 e. The summed E-state index contributed by atoms with van der Waals surface area (Å²) < 4.78 is 24.4. The second-order valence-electron chi connectivity index (χ2n) is 7.16. The smallest absolute Gasteiger partial charge is 0.231 e. The van der Waals surface area contributed by atoms with Crippen molar-refractivity contribution in [2.24, 2.45) is 4.99 Å². The average molecular weight is 447 g/mol. The number of hydrogen-bond donors (Lipinski definition) is 0. The zero-order valence-electron chi connectivity index (χ0n) is 17.8. The minimum absolute atomic E-state index is 0.255. The van der Waals surface area contributed by atoms with Gasteiger partial charge in [0.25, 0.3) is 0 Å². The Morgan fingerprint density at radius 1 is 0.906 bits per heavy atom. The Morgan fingerprint density at radius 2 is 1.66 bits per heavy atom. The Labute approximate surface area is 189 Å². The van der Waals surface area contributed by atoms with E-state index in [1.807, 2.05) is 54.6 Å². The first-order valence-corrected chi connectivity index (χ1v) is 11.0. The summed E-state index contributed by atoms with van der Waals surface area (Å²) in [7, 11) is 3.34. The Hall–Kier alpha value is -3.71. The van der Waals surface area contributed by atoms with E-state index in [9.17, 15) is 0 Å². The molecule has 4 aromatic rings. The van der Waals surface area contributed by atoms with Crippen LogP contribution in [0.25, 0.3) is 11.3 Å². The Balaban J connectivity index is 1.66. The predicted octanol–water partition coefficient (Wildman–Crippen LogP) is 5.24. The molecular weight excluding hydrogens is 424 g/mol. The second kappa shape index (κ2) is 8.80. The highest BCUT2D eigenvalue weighted by atomic mass is 32.1. The van der Waals surface area contributed by atoms with Crippen molar-refractivity contribution in [1.29, 1.82) is 0 Å². The van der Waals surface area contributed by atoms with Gasteiger partial charge in [-0.2, -0.15) is 0 Å². The van der Waals surface area contributed by atoms with Gasteiger partial charge in [-0.25, -0.2) is 4.99 Å². The van der Waals surface area contributed by atoms with Crippen molar-refractivity contribution in [2.75, 3.05) is 21.0 Å². The number of rotatable bonds is 6. The van der Waals surface area contributed by atoms with E-state index >= 15 is 0 Å². The van der Waals surface area contributed by atoms with E-state index in [2.05, 4.69) is 22.1 Å². The summed E-state index contributed by atoms with van der Waals surface area (Å²) in [5, 5.41) is 2.11. The van der Waals surface area contributed by atoms with E-state index in [4.69, 9.17) is 23.9 Å². The molecule has 6 nitrogen and oxygen atoms in total. The number of para-hydroxylation sites is 3. The van der Waals surface area contributed by atoms with Gasteiger partial charge in [0.15, 0.2) is 16.3 Å². The third kappa shape index (κ3) is 3.83. The highest BCUT2D eigenvalue weighted by Crippen LogP contribution is 2.34. The van der Waals surface area contributed by atoms with Crippen molar-refractivity contribution in [2.45, 2.75) is 6.54 Å². The van der Waals surface area contributed by atoms with Crippen LogP contribution in [0.3, 0.4) is 0 Å². The van der Waals surface area contributed by atoms with Gasteiger partial charge in [0.1, 0.15) is 17.2 Å². The highest BCUT2D eigenvalue weighted by molar-refractivity contribution is 7.07. The minimum atomic E-state index is 0.255. The van der Waals surface area contributed by atoms with Crippen molar-refractivity contribution < 1.29 is 18.9 Å². The molecule has 0 atom stereocenters. The van der Waals surface area contributed by atoms with E-state index in [0.717, 1.165) is 50.3 Å². The number of methoxy groups -OCH3 is 2. The van der Waals surface area contributed by atoms with Gasteiger partial charge in [-0.1, -0.05) is 30.3 Å². The molecule has 0 saturated carbocycles. The van der Waals surface area contributed by atoms with Crippen molar-refractivity contribution in [3.8, 4) is 34.3 Å². The first kappa shape index (κ1) is 20.2. The predicted molar refractivity (Wildman–Crippen MR) is 124 cm³/mol. The number of aromatic nitrogens is 1. The summed E-state index contributed by atoms with van der Waals surface area (Å²) in [6, 6.07) is 21.8. The molecule has 0 N–H and O–H groups in total. The van der Waals surface area contributed by atoms with Crippen molar-refractivity contribution in [3.05, 3.63) is 82.5 Å². The SMILES string of the molecule is COc1ccccc1N=c1scc(-c2ccccc2OC)n1Cc1ccc2c(c1)OCO2. The number of thiazole rings is 1. The molecule has 5 rings (SSSR count). The third-order valence-corrected chi connectivity index (χ3v) is 6.12. The van der Waals surface area contributed by atoms with Crippen LogP contribution in [0.15, 0.2) is 77.1 Å². The van der Waals surface area contributed by atoms with E-state index in [-0.39, 0.29) is 6.79 Å². The van der Waals surface area contributed by atoms with Gasteiger partial charge in [0.05, 0.1) is 26.5 Å². The molecule has 32 heavy (non-hydrogen) atoms. The second-order valence-corrected chi connectivity index (χ2v) is 8.00. The van der Waals surface area contributed by atoms with Gasteiger partial charge in [-0.15, -0.1) is 11.3 Å². The molecule has 2 heterocycles. The summed E-state index contributed by atoms with van der Waals surface area (Å²) in [5.74, 6) is 3.08. The number of nitrogens with zero attached hydrogens (tertiary/aromatic N) is 2. The van der Waals surface area contributed by atoms with Gasteiger partial charge in [0.2, 0.25) is 6.79 Å². The fourth-order valence-corrected chi connectivity index (χ4v) is 4.60. The summed E-state index contributed by atoms with van der Waals surface area (Å²) in [6.07, 6.45) is 0. The molecule has 7 heteroatoms. The summed E-state index contributed by atoms with van der Waals surface area (Å²) >= 11 is 1.58. The van der Waals surface area contributed by atoms with Gasteiger partial charge in [-0.3, -0.25) is 0 Å². The maximum atomic E-state index is 5.63. The van der Waals surface area contributed by atoms with E-state index in [1.165, 1.54) is 0 Å². The van der Waals surface area contributed by atoms with Crippen LogP contribution >= 0.6 is 11.3 Å². The third-order valence-electron chi connectivity index (χ3n) is 5.26. The largest absolute Gasteiger partial charge is 0.496 e. The van der Waals surface area contributed by atoms with Crippen LogP contribution in [0.4, 0.5) is 5.69 Å². The van der Waals surface area contributed by atoms with Crippen molar-refractivity contribution in [1.82, 2.24) is 4.57 Å². The van der Waals surface area contributed by atoms with Crippen molar-refractivity contribution in [3.63, 3.8) is 0 Å². The number of fused-ring (bicyclic) bond motifs is 1. The monoisotopic (exact) mass is 446 g/mol. The molecular formula is C25H22N2O4S. The number of ether oxygens (including phenoxy) is 4. The highest BCUT2D eigenvalue weighted by Gasteiger charge is 2.16. The van der Waals surface area contributed by atoms with Gasteiger partial charge in [0, 0.05) is 10.9 Å². The van der Waals surface area contributed by atoms with Crippen LogP contribution in [0.2, 0.25) is 0 Å². The molecule has 3 aromatic carbocycles. The van der Waals surface area contributed by atoms with Gasteiger partial charge in [-0.05, 0) is 42.0 Å². The first-order chi connectivity index (χ1) is 15.8. The molecule has 0 unspecified atom stereocenters. The average Bonchev–Trinajstić information content (AvgIpc) is 3.46. The summed E-state index contributed by atoms with van der Waals surface area (Å²) in [6.45, 7) is 0.868. The first-order valence-electron chi connectivity index (χ1n) is 10.1. The lowest BCUT2D eigenvalue weighted by Crippen LogP contribution is -2.17. The molecule has 0 saturated heterocycles. The standard InChI is InChI=1S/C25H22N2O4S/c1-28-21-9-5-3-7-18(21)20-15-32-25(26-19-8-4-6-10-22(19)29-2)27(20)14-17-11-12-23-24(13-17)31-16-30-23/h3-13,15H,14,16H2,1-2H3. The quantitative estimate of drug-likeness (QED) is 0.406. The lowest BCUT2D eigenvalue weighted by molar-refractivity contribution is 0.174. The Bertz CT molecular complexity index is 1330. The van der Waals surface area contributed by atoms with Crippen molar-refractivity contribution >= 4 is 17.0 Å². The topological polar surface area (TPSA) is 54.2 Å². The molecule has 0 bridgehead atoms. The lowest BCUT2D eigenvalue weighted by atomic mass is 10.1. The Kier molecular flexibility index (Phi) is 5.56. The summed E-state index contributed by atoms with van der Waals surface area (Å²) in [4.78, 5) is 5.80. The molecule has 1 aromatic heterocycles. The maximum absolute atomic E-state index is 5.63. The van der Waals surface area contributed by atoms with Crippen LogP contribution in [-0.2, 0) is 6.54 Å². The molecule has 0 fully saturated rings. The van der Waals surface area contributed by atoms with Gasteiger partial charge >= 0.3 is 0 Å². The Morgan fingerprint density at radius 3 is 2.50 bits per heavy atom. The zero-order chi connectivity index (χ0) is 21.9. The normalized spacial score (nSPS) is 12.8. The molecule has 0 radical (unpaired) electrons. The van der Waals surface area contributed by atoms with Crippen LogP contribution in [-0.4, -0.2) is 25.6 Å². The van der Waals surface area contributed by atoms with E-state index in [0.29, 0.717) is 6.54 Å². The van der Waals surface area contributed by atoms with Crippen LogP contribution in [0.5, 0.6) is 23.0 Å². The molecule has 0 amide bonds. The fraction of sp³-hybridized carbons (Fsp3) is 0.160. The molecule has 1 aliphatic heterocycles. The lowest BCUT2D eigenvalue weighted by Gasteiger charge is -2.13. The molecule has 0 aliphatic carbocycles.